The summed E-state index contributed by atoms with van der Waals surface area (Å²) < 4.78 is 6.13. The molecule has 1 saturated heterocycles. The smallest absolute Gasteiger partial charge is 0.187 e. The summed E-state index contributed by atoms with van der Waals surface area (Å²) in [7, 11) is 0. The molecule has 1 aromatic rings. The second kappa shape index (κ2) is 6.06. The van der Waals surface area contributed by atoms with Crippen molar-refractivity contribution in [1.82, 2.24) is 4.90 Å². The van der Waals surface area contributed by atoms with Gasteiger partial charge in [0, 0.05) is 11.0 Å². The summed E-state index contributed by atoms with van der Waals surface area (Å²) in [4.78, 5) is 14.8. The van der Waals surface area contributed by atoms with Gasteiger partial charge in [-0.25, -0.2) is 0 Å². The van der Waals surface area contributed by atoms with Gasteiger partial charge in [0.05, 0.1) is 37.3 Å². The van der Waals surface area contributed by atoms with Crippen molar-refractivity contribution in [2.24, 2.45) is 0 Å². The van der Waals surface area contributed by atoms with Crippen molar-refractivity contribution in [1.29, 1.82) is 0 Å². The molecule has 1 N–H and O–H groups in total. The minimum atomic E-state index is -0.0635. The van der Waals surface area contributed by atoms with Crippen molar-refractivity contribution in [3.05, 3.63) is 20.8 Å². The number of rotatable bonds is 4. The summed E-state index contributed by atoms with van der Waals surface area (Å²) in [5.74, 6) is 0.0900. The number of aliphatic hydroxyl groups excluding tert-OH is 1. The third-order valence-electron chi connectivity index (χ3n) is 2.78. The molecule has 1 atom stereocenters. The summed E-state index contributed by atoms with van der Waals surface area (Å²) in [6.45, 7) is 2.18. The highest BCUT2D eigenvalue weighted by atomic mass is 79.9. The van der Waals surface area contributed by atoms with Crippen LogP contribution in [-0.4, -0.2) is 54.7 Å². The average molecular weight is 320 g/mol. The van der Waals surface area contributed by atoms with E-state index in [9.17, 15) is 9.90 Å². The lowest BCUT2D eigenvalue weighted by Crippen LogP contribution is -2.49. The van der Waals surface area contributed by atoms with Gasteiger partial charge in [0.15, 0.2) is 5.78 Å². The molecule has 4 nitrogen and oxygen atoms in total. The van der Waals surface area contributed by atoms with Gasteiger partial charge in [-0.15, -0.1) is 11.3 Å². The maximum Gasteiger partial charge on any atom is 0.187 e. The summed E-state index contributed by atoms with van der Waals surface area (Å²) in [5, 5.41) is 11.1. The number of thiophene rings is 1. The lowest BCUT2D eigenvalue weighted by atomic mass is 10.2. The monoisotopic (exact) mass is 319 g/mol. The highest BCUT2D eigenvalue weighted by molar-refractivity contribution is 9.10. The van der Waals surface area contributed by atoms with Gasteiger partial charge in [-0.3, -0.25) is 9.69 Å². The molecule has 0 bridgehead atoms. The van der Waals surface area contributed by atoms with Crippen LogP contribution in [-0.2, 0) is 4.74 Å². The summed E-state index contributed by atoms with van der Waals surface area (Å²) in [6.07, 6.45) is 0. The fourth-order valence-electron chi connectivity index (χ4n) is 1.81. The summed E-state index contributed by atoms with van der Waals surface area (Å²) in [5.41, 5.74) is 0. The molecule has 0 aromatic carbocycles. The number of hydrogen-bond donors (Lipinski definition) is 1. The Hall–Kier alpha value is -0.270. The number of ether oxygens (including phenoxy) is 1. The largest absolute Gasteiger partial charge is 0.395 e. The predicted molar refractivity (Wildman–Crippen MR) is 69.6 cm³/mol. The molecule has 2 rings (SSSR count). The Morgan fingerprint density at radius 1 is 1.71 bits per heavy atom. The first-order chi connectivity index (χ1) is 8.22. The molecule has 1 aliphatic heterocycles. The third-order valence-corrected chi connectivity index (χ3v) is 4.66. The summed E-state index contributed by atoms with van der Waals surface area (Å²) in [6, 6.07) is 1.81. The van der Waals surface area contributed by atoms with E-state index < -0.39 is 0 Å². The van der Waals surface area contributed by atoms with Crippen LogP contribution < -0.4 is 0 Å². The Morgan fingerprint density at radius 3 is 3.18 bits per heavy atom. The number of aliphatic hydroxyl groups is 1. The van der Waals surface area contributed by atoms with Crippen molar-refractivity contribution in [3.63, 3.8) is 0 Å². The van der Waals surface area contributed by atoms with E-state index in [1.165, 1.54) is 11.3 Å². The number of halogens is 1. The normalized spacial score (nSPS) is 21.6. The quantitative estimate of drug-likeness (QED) is 0.852. The number of hydrogen-bond acceptors (Lipinski definition) is 5. The predicted octanol–water partition coefficient (Wildman–Crippen LogP) is 1.39. The van der Waals surface area contributed by atoms with Gasteiger partial charge >= 0.3 is 0 Å². The number of morpholine rings is 1. The number of nitrogens with zero attached hydrogens (tertiary/aromatic N) is 1. The van der Waals surface area contributed by atoms with Crippen LogP contribution in [0.25, 0.3) is 0 Å². The molecule has 0 amide bonds. The maximum absolute atomic E-state index is 12.1. The lowest BCUT2D eigenvalue weighted by Gasteiger charge is -2.33. The molecule has 1 unspecified atom stereocenters. The van der Waals surface area contributed by atoms with E-state index in [-0.39, 0.29) is 18.4 Å². The van der Waals surface area contributed by atoms with Gasteiger partial charge in [0.2, 0.25) is 0 Å². The number of Topliss-reactive ketones (excluding diaryl/α,β-unsaturated/α-hetero) is 1. The zero-order valence-corrected chi connectivity index (χ0v) is 11.7. The van der Waals surface area contributed by atoms with Crippen molar-refractivity contribution < 1.29 is 14.6 Å². The first kappa shape index (κ1) is 13.2. The number of ketones is 1. The van der Waals surface area contributed by atoms with Gasteiger partial charge in [-0.1, -0.05) is 0 Å². The molecular formula is C11H14BrNO3S. The Balaban J connectivity index is 2.00. The average Bonchev–Trinajstić information content (AvgIpc) is 2.76. The topological polar surface area (TPSA) is 49.8 Å². The van der Waals surface area contributed by atoms with E-state index in [4.69, 9.17) is 4.74 Å². The van der Waals surface area contributed by atoms with Crippen LogP contribution >= 0.6 is 27.3 Å². The van der Waals surface area contributed by atoms with E-state index in [1.807, 2.05) is 16.3 Å². The van der Waals surface area contributed by atoms with Crippen LogP contribution in [0.2, 0.25) is 0 Å². The van der Waals surface area contributed by atoms with E-state index in [1.54, 1.807) is 0 Å². The van der Waals surface area contributed by atoms with Crippen molar-refractivity contribution in [3.8, 4) is 0 Å². The molecule has 0 aliphatic carbocycles. The van der Waals surface area contributed by atoms with Gasteiger partial charge < -0.3 is 9.84 Å². The van der Waals surface area contributed by atoms with Gasteiger partial charge in [0.25, 0.3) is 0 Å². The third kappa shape index (κ3) is 3.14. The molecule has 94 valence electrons. The molecular weight excluding hydrogens is 306 g/mol. The van der Waals surface area contributed by atoms with Gasteiger partial charge in [-0.2, -0.15) is 0 Å². The summed E-state index contributed by atoms with van der Waals surface area (Å²) >= 11 is 4.80. The molecule has 0 radical (unpaired) electrons. The van der Waals surface area contributed by atoms with Crippen molar-refractivity contribution in [2.45, 2.75) is 6.04 Å². The number of carbonyl (C=O) groups is 1. The van der Waals surface area contributed by atoms with Gasteiger partial charge in [0.1, 0.15) is 0 Å². The van der Waals surface area contributed by atoms with Crippen LogP contribution in [0.1, 0.15) is 9.67 Å². The molecule has 17 heavy (non-hydrogen) atoms. The van der Waals surface area contributed by atoms with Gasteiger partial charge in [-0.05, 0) is 27.4 Å². The van der Waals surface area contributed by atoms with E-state index in [2.05, 4.69) is 15.9 Å². The van der Waals surface area contributed by atoms with Crippen LogP contribution in [0.4, 0.5) is 0 Å². The Kier molecular flexibility index (Phi) is 4.69. The molecule has 1 aliphatic rings. The lowest BCUT2D eigenvalue weighted by molar-refractivity contribution is -0.0240. The molecule has 6 heteroatoms. The molecule has 1 aromatic heterocycles. The fraction of sp³-hybridized carbons (Fsp3) is 0.545. The first-order valence-electron chi connectivity index (χ1n) is 5.41. The first-order valence-corrected chi connectivity index (χ1v) is 7.08. The Labute approximate surface area is 112 Å². The van der Waals surface area contributed by atoms with E-state index in [0.717, 1.165) is 9.35 Å². The zero-order chi connectivity index (χ0) is 12.3. The molecule has 2 heterocycles. The van der Waals surface area contributed by atoms with E-state index in [0.29, 0.717) is 26.3 Å². The van der Waals surface area contributed by atoms with E-state index >= 15 is 0 Å². The zero-order valence-electron chi connectivity index (χ0n) is 9.26. The molecule has 0 spiro atoms. The van der Waals surface area contributed by atoms with Crippen LogP contribution in [0.15, 0.2) is 15.9 Å². The number of carbonyl (C=O) groups excluding carboxylic acids is 1. The maximum atomic E-state index is 12.1. The minimum Gasteiger partial charge on any atom is -0.395 e. The van der Waals surface area contributed by atoms with Crippen molar-refractivity contribution >= 4 is 33.0 Å². The minimum absolute atomic E-state index is 0.0267. The Morgan fingerprint density at radius 2 is 2.53 bits per heavy atom. The highest BCUT2D eigenvalue weighted by Gasteiger charge is 2.25. The van der Waals surface area contributed by atoms with Crippen LogP contribution in [0, 0.1) is 0 Å². The van der Waals surface area contributed by atoms with Crippen LogP contribution in [0.3, 0.4) is 0 Å². The van der Waals surface area contributed by atoms with Crippen molar-refractivity contribution in [2.75, 3.05) is 32.9 Å². The standard InChI is InChI=1S/C11H14BrNO3S/c12-9-1-4-17-11(9)10(15)5-13-2-3-16-7-8(13)6-14/h1,4,8,14H,2-3,5-7H2. The molecule has 1 fully saturated rings. The Bertz CT molecular complexity index is 396. The fourth-order valence-corrected chi connectivity index (χ4v) is 3.34. The van der Waals surface area contributed by atoms with Crippen LogP contribution in [0.5, 0.6) is 0 Å². The highest BCUT2D eigenvalue weighted by Crippen LogP contribution is 2.23. The SMILES string of the molecule is O=C(CN1CCOCC1CO)c1sccc1Br. The second-order valence-corrected chi connectivity index (χ2v) is 5.67. The molecule has 0 saturated carbocycles. The second-order valence-electron chi connectivity index (χ2n) is 3.90.